The van der Waals surface area contributed by atoms with Crippen molar-refractivity contribution < 1.29 is 9.53 Å². The van der Waals surface area contributed by atoms with Gasteiger partial charge in [-0.05, 0) is 54.8 Å². The average Bonchev–Trinajstić information content (AvgIpc) is 2.42. The van der Waals surface area contributed by atoms with Gasteiger partial charge < -0.3 is 10.5 Å². The molecule has 0 aliphatic heterocycles. The number of amides is 1. The van der Waals surface area contributed by atoms with Crippen molar-refractivity contribution >= 4 is 21.8 Å². The predicted molar refractivity (Wildman–Crippen MR) is 82.9 cm³/mol. The highest BCUT2D eigenvalue weighted by atomic mass is 79.9. The molecule has 0 aliphatic rings. The van der Waals surface area contributed by atoms with Crippen LogP contribution in [0.4, 0.5) is 0 Å². The van der Waals surface area contributed by atoms with E-state index in [1.807, 2.05) is 32.0 Å². The maximum absolute atomic E-state index is 11.1. The molecule has 0 aromatic heterocycles. The van der Waals surface area contributed by atoms with E-state index in [9.17, 15) is 4.79 Å². The molecule has 2 aromatic rings. The van der Waals surface area contributed by atoms with E-state index < -0.39 is 5.91 Å². The Bertz CT molecular complexity index is 630. The van der Waals surface area contributed by atoms with Crippen molar-refractivity contribution in [1.82, 2.24) is 0 Å². The van der Waals surface area contributed by atoms with Crippen LogP contribution in [0.5, 0.6) is 5.75 Å². The first-order chi connectivity index (χ1) is 9.47. The largest absolute Gasteiger partial charge is 0.489 e. The zero-order chi connectivity index (χ0) is 14.7. The van der Waals surface area contributed by atoms with E-state index in [4.69, 9.17) is 10.5 Å². The Balaban J connectivity index is 2.13. The maximum atomic E-state index is 11.1. The average molecular weight is 334 g/mol. The van der Waals surface area contributed by atoms with Crippen LogP contribution < -0.4 is 10.5 Å². The number of ether oxygens (including phenoxy) is 1. The standard InChI is InChI=1S/C16H16BrNO2/c1-10-6-14(7-11(2)15(10)17)20-9-12-4-3-5-13(8-12)16(18)19/h3-8H,9H2,1-2H3,(H2,18,19). The molecule has 0 spiro atoms. The Morgan fingerprint density at radius 3 is 2.45 bits per heavy atom. The Kier molecular flexibility index (Phi) is 4.45. The van der Waals surface area contributed by atoms with Crippen LogP contribution in [0.2, 0.25) is 0 Å². The lowest BCUT2D eigenvalue weighted by Gasteiger charge is -2.10. The number of hydrogen-bond acceptors (Lipinski definition) is 2. The molecule has 0 unspecified atom stereocenters. The molecule has 1 amide bonds. The molecule has 2 rings (SSSR count). The highest BCUT2D eigenvalue weighted by molar-refractivity contribution is 9.10. The third-order valence-electron chi connectivity index (χ3n) is 3.03. The molecule has 0 fully saturated rings. The topological polar surface area (TPSA) is 52.3 Å². The number of primary amides is 1. The van der Waals surface area contributed by atoms with Gasteiger partial charge in [-0.25, -0.2) is 0 Å². The van der Waals surface area contributed by atoms with E-state index in [-0.39, 0.29) is 0 Å². The Hall–Kier alpha value is -1.81. The maximum Gasteiger partial charge on any atom is 0.248 e. The molecule has 0 heterocycles. The first-order valence-electron chi connectivity index (χ1n) is 6.25. The molecule has 4 heteroatoms. The summed E-state index contributed by atoms with van der Waals surface area (Å²) < 4.78 is 6.87. The van der Waals surface area contributed by atoms with Crippen LogP contribution in [0.3, 0.4) is 0 Å². The van der Waals surface area contributed by atoms with Gasteiger partial charge in [0.05, 0.1) is 0 Å². The minimum absolute atomic E-state index is 0.404. The number of rotatable bonds is 4. The fraction of sp³-hybridized carbons (Fsp3) is 0.188. The van der Waals surface area contributed by atoms with Gasteiger partial charge in [0.25, 0.3) is 0 Å². The van der Waals surface area contributed by atoms with E-state index in [1.165, 1.54) is 0 Å². The molecule has 104 valence electrons. The summed E-state index contributed by atoms with van der Waals surface area (Å²) in [5, 5.41) is 0. The third-order valence-corrected chi connectivity index (χ3v) is 4.28. The van der Waals surface area contributed by atoms with Crippen molar-refractivity contribution in [2.75, 3.05) is 0 Å². The fourth-order valence-corrected chi connectivity index (χ4v) is 2.20. The molecule has 0 radical (unpaired) electrons. The van der Waals surface area contributed by atoms with Crippen molar-refractivity contribution in [3.05, 3.63) is 63.1 Å². The van der Waals surface area contributed by atoms with E-state index >= 15 is 0 Å². The summed E-state index contributed by atoms with van der Waals surface area (Å²) in [7, 11) is 0. The highest BCUT2D eigenvalue weighted by Crippen LogP contribution is 2.26. The van der Waals surface area contributed by atoms with Gasteiger partial charge in [0.1, 0.15) is 12.4 Å². The summed E-state index contributed by atoms with van der Waals surface area (Å²) in [6.45, 7) is 4.46. The van der Waals surface area contributed by atoms with Crippen molar-refractivity contribution in [3.8, 4) is 5.75 Å². The molecule has 2 N–H and O–H groups in total. The normalized spacial score (nSPS) is 10.3. The van der Waals surface area contributed by atoms with Crippen LogP contribution in [0.25, 0.3) is 0 Å². The second kappa shape index (κ2) is 6.09. The lowest BCUT2D eigenvalue weighted by atomic mass is 10.1. The van der Waals surface area contributed by atoms with Crippen molar-refractivity contribution in [2.24, 2.45) is 5.73 Å². The van der Waals surface area contributed by atoms with Crippen LogP contribution in [-0.4, -0.2) is 5.91 Å². The van der Waals surface area contributed by atoms with Crippen LogP contribution in [-0.2, 0) is 6.61 Å². The fourth-order valence-electron chi connectivity index (χ4n) is 1.97. The zero-order valence-corrected chi connectivity index (χ0v) is 13.0. The second-order valence-electron chi connectivity index (χ2n) is 4.72. The van der Waals surface area contributed by atoms with Gasteiger partial charge in [-0.1, -0.05) is 28.1 Å². The van der Waals surface area contributed by atoms with E-state index in [0.717, 1.165) is 26.9 Å². The van der Waals surface area contributed by atoms with Gasteiger partial charge in [-0.15, -0.1) is 0 Å². The Morgan fingerprint density at radius 1 is 1.20 bits per heavy atom. The molecule has 0 atom stereocenters. The summed E-state index contributed by atoms with van der Waals surface area (Å²) in [5.74, 6) is 0.384. The predicted octanol–water partition coefficient (Wildman–Crippen LogP) is 3.74. The Morgan fingerprint density at radius 2 is 1.85 bits per heavy atom. The summed E-state index contributed by atoms with van der Waals surface area (Å²) in [4.78, 5) is 11.1. The van der Waals surface area contributed by atoms with Crippen LogP contribution in [0.15, 0.2) is 40.9 Å². The number of carbonyl (C=O) groups is 1. The van der Waals surface area contributed by atoms with Gasteiger partial charge in [0.2, 0.25) is 5.91 Å². The van der Waals surface area contributed by atoms with Crippen molar-refractivity contribution in [2.45, 2.75) is 20.5 Å². The Labute approximate surface area is 126 Å². The first kappa shape index (κ1) is 14.6. The number of nitrogens with two attached hydrogens (primary N) is 1. The summed E-state index contributed by atoms with van der Waals surface area (Å²) in [5.41, 5.74) is 8.93. The van der Waals surface area contributed by atoms with Crippen molar-refractivity contribution in [3.63, 3.8) is 0 Å². The van der Waals surface area contributed by atoms with Crippen LogP contribution >= 0.6 is 15.9 Å². The van der Waals surface area contributed by atoms with Gasteiger partial charge in [-0.2, -0.15) is 0 Å². The number of benzene rings is 2. The number of aryl methyl sites for hydroxylation is 2. The lowest BCUT2D eigenvalue weighted by molar-refractivity contribution is 0.1000. The van der Waals surface area contributed by atoms with E-state index in [2.05, 4.69) is 15.9 Å². The van der Waals surface area contributed by atoms with Gasteiger partial charge in [0, 0.05) is 10.0 Å². The van der Waals surface area contributed by atoms with Gasteiger partial charge in [0.15, 0.2) is 0 Å². The third kappa shape index (κ3) is 3.39. The number of hydrogen-bond donors (Lipinski definition) is 1. The van der Waals surface area contributed by atoms with E-state index in [0.29, 0.717) is 12.2 Å². The first-order valence-corrected chi connectivity index (χ1v) is 7.05. The van der Waals surface area contributed by atoms with Crippen LogP contribution in [0.1, 0.15) is 27.0 Å². The zero-order valence-electron chi connectivity index (χ0n) is 11.4. The molecule has 0 saturated heterocycles. The SMILES string of the molecule is Cc1cc(OCc2cccc(C(N)=O)c2)cc(C)c1Br. The van der Waals surface area contributed by atoms with Gasteiger partial charge >= 0.3 is 0 Å². The quantitative estimate of drug-likeness (QED) is 0.926. The number of halogens is 1. The molecular weight excluding hydrogens is 318 g/mol. The molecular formula is C16H16BrNO2. The summed E-state index contributed by atoms with van der Waals surface area (Å²) >= 11 is 3.53. The molecule has 3 nitrogen and oxygen atoms in total. The minimum atomic E-state index is -0.429. The van der Waals surface area contributed by atoms with Crippen molar-refractivity contribution in [1.29, 1.82) is 0 Å². The van der Waals surface area contributed by atoms with E-state index in [1.54, 1.807) is 18.2 Å². The minimum Gasteiger partial charge on any atom is -0.489 e. The van der Waals surface area contributed by atoms with Gasteiger partial charge in [-0.3, -0.25) is 4.79 Å². The summed E-state index contributed by atoms with van der Waals surface area (Å²) in [6, 6.07) is 11.1. The molecule has 20 heavy (non-hydrogen) atoms. The highest BCUT2D eigenvalue weighted by Gasteiger charge is 2.05. The number of carbonyl (C=O) groups excluding carboxylic acids is 1. The lowest BCUT2D eigenvalue weighted by Crippen LogP contribution is -2.11. The molecule has 0 aliphatic carbocycles. The second-order valence-corrected chi connectivity index (χ2v) is 5.52. The molecule has 0 saturated carbocycles. The smallest absolute Gasteiger partial charge is 0.248 e. The molecule has 0 bridgehead atoms. The summed E-state index contributed by atoms with van der Waals surface area (Å²) in [6.07, 6.45) is 0. The molecule has 2 aromatic carbocycles. The monoisotopic (exact) mass is 333 g/mol. The van der Waals surface area contributed by atoms with Crippen LogP contribution in [0, 0.1) is 13.8 Å².